The van der Waals surface area contributed by atoms with Crippen LogP contribution in [-0.4, -0.2) is 46.8 Å². The van der Waals surface area contributed by atoms with Crippen LogP contribution in [0, 0.1) is 11.8 Å². The van der Waals surface area contributed by atoms with Crippen LogP contribution in [-0.2, 0) is 0 Å². The standard InChI is InChI=1S/C16H21NO3/c1-16(2,20)12-17(3)15(19)14-9-6-8-13(11-14)7-4-5-10-18/h6,8-9,11,18,20H,5,10,12H2,1-3H3. The van der Waals surface area contributed by atoms with Gasteiger partial charge in [-0.3, -0.25) is 4.79 Å². The Hall–Kier alpha value is -1.83. The van der Waals surface area contributed by atoms with Crippen molar-refractivity contribution in [3.05, 3.63) is 35.4 Å². The van der Waals surface area contributed by atoms with Crippen LogP contribution < -0.4 is 0 Å². The number of hydrogen-bond donors (Lipinski definition) is 2. The molecule has 0 aliphatic rings. The van der Waals surface area contributed by atoms with E-state index in [4.69, 9.17) is 5.11 Å². The maximum atomic E-state index is 12.2. The molecular weight excluding hydrogens is 254 g/mol. The highest BCUT2D eigenvalue weighted by Gasteiger charge is 2.20. The number of aliphatic hydroxyl groups is 2. The second kappa shape index (κ2) is 7.09. The predicted octanol–water partition coefficient (Wildman–Crippen LogP) is 1.26. The first-order valence-electron chi connectivity index (χ1n) is 6.51. The fraction of sp³-hybridized carbons (Fsp3) is 0.438. The number of carbonyl (C=O) groups excluding carboxylic acids is 1. The van der Waals surface area contributed by atoms with Gasteiger partial charge in [0.15, 0.2) is 0 Å². The maximum Gasteiger partial charge on any atom is 0.253 e. The molecule has 4 nitrogen and oxygen atoms in total. The van der Waals surface area contributed by atoms with Gasteiger partial charge < -0.3 is 15.1 Å². The molecular formula is C16H21NO3. The van der Waals surface area contributed by atoms with Gasteiger partial charge in [0.2, 0.25) is 0 Å². The van der Waals surface area contributed by atoms with Crippen molar-refractivity contribution in [1.82, 2.24) is 4.90 Å². The number of likely N-dealkylation sites (N-methyl/N-ethyl adjacent to an activating group) is 1. The predicted molar refractivity (Wildman–Crippen MR) is 78.3 cm³/mol. The minimum atomic E-state index is -0.928. The van der Waals surface area contributed by atoms with Crippen molar-refractivity contribution in [3.8, 4) is 11.8 Å². The normalized spacial score (nSPS) is 10.7. The van der Waals surface area contributed by atoms with Crippen LogP contribution in [0.3, 0.4) is 0 Å². The zero-order valence-corrected chi connectivity index (χ0v) is 12.2. The van der Waals surface area contributed by atoms with Gasteiger partial charge in [0, 0.05) is 31.1 Å². The van der Waals surface area contributed by atoms with Gasteiger partial charge in [-0.2, -0.15) is 0 Å². The summed E-state index contributed by atoms with van der Waals surface area (Å²) in [6, 6.07) is 7.03. The molecule has 0 fully saturated rings. The van der Waals surface area contributed by atoms with Crippen molar-refractivity contribution >= 4 is 5.91 Å². The highest BCUT2D eigenvalue weighted by Crippen LogP contribution is 2.10. The molecule has 1 rings (SSSR count). The van der Waals surface area contributed by atoms with Crippen molar-refractivity contribution < 1.29 is 15.0 Å². The van der Waals surface area contributed by atoms with Gasteiger partial charge in [0.25, 0.3) is 5.91 Å². The summed E-state index contributed by atoms with van der Waals surface area (Å²) in [5, 5.41) is 18.4. The van der Waals surface area contributed by atoms with Gasteiger partial charge >= 0.3 is 0 Å². The van der Waals surface area contributed by atoms with Crippen LogP contribution in [0.15, 0.2) is 24.3 Å². The molecule has 0 saturated heterocycles. The Labute approximate surface area is 120 Å². The first-order chi connectivity index (χ1) is 9.33. The second-order valence-corrected chi connectivity index (χ2v) is 5.33. The number of hydrogen-bond acceptors (Lipinski definition) is 3. The molecule has 1 amide bonds. The highest BCUT2D eigenvalue weighted by atomic mass is 16.3. The summed E-state index contributed by atoms with van der Waals surface area (Å²) in [7, 11) is 1.66. The van der Waals surface area contributed by atoms with Gasteiger partial charge in [-0.15, -0.1) is 0 Å². The topological polar surface area (TPSA) is 60.8 Å². The van der Waals surface area contributed by atoms with Crippen LogP contribution in [0.2, 0.25) is 0 Å². The molecule has 1 aromatic carbocycles. The lowest BCUT2D eigenvalue weighted by Gasteiger charge is -2.25. The Morgan fingerprint density at radius 1 is 1.40 bits per heavy atom. The fourth-order valence-electron chi connectivity index (χ4n) is 1.82. The molecule has 0 saturated carbocycles. The van der Waals surface area contributed by atoms with Crippen molar-refractivity contribution in [2.45, 2.75) is 25.9 Å². The van der Waals surface area contributed by atoms with E-state index in [9.17, 15) is 9.90 Å². The van der Waals surface area contributed by atoms with E-state index in [0.29, 0.717) is 12.0 Å². The Kier molecular flexibility index (Phi) is 5.75. The molecule has 2 N–H and O–H groups in total. The summed E-state index contributed by atoms with van der Waals surface area (Å²) in [6.45, 7) is 3.60. The van der Waals surface area contributed by atoms with Crippen LogP contribution in [0.25, 0.3) is 0 Å². The molecule has 108 valence electrons. The van der Waals surface area contributed by atoms with E-state index in [1.54, 1.807) is 39.1 Å². The van der Waals surface area contributed by atoms with Crippen molar-refractivity contribution in [3.63, 3.8) is 0 Å². The molecule has 0 spiro atoms. The zero-order chi connectivity index (χ0) is 15.2. The molecule has 0 aliphatic heterocycles. The van der Waals surface area contributed by atoms with E-state index in [1.807, 2.05) is 6.07 Å². The molecule has 0 heterocycles. The first kappa shape index (κ1) is 16.2. The Bertz CT molecular complexity index is 521. The fourth-order valence-corrected chi connectivity index (χ4v) is 1.82. The van der Waals surface area contributed by atoms with Gasteiger partial charge in [-0.05, 0) is 32.0 Å². The minimum absolute atomic E-state index is 0.0277. The largest absolute Gasteiger partial charge is 0.395 e. The molecule has 0 bridgehead atoms. The van der Waals surface area contributed by atoms with E-state index in [2.05, 4.69) is 11.8 Å². The minimum Gasteiger partial charge on any atom is -0.395 e. The molecule has 0 unspecified atom stereocenters. The van der Waals surface area contributed by atoms with E-state index < -0.39 is 5.60 Å². The van der Waals surface area contributed by atoms with Gasteiger partial charge in [-0.1, -0.05) is 17.9 Å². The van der Waals surface area contributed by atoms with Crippen LogP contribution in [0.5, 0.6) is 0 Å². The first-order valence-corrected chi connectivity index (χ1v) is 6.51. The average Bonchev–Trinajstić information content (AvgIpc) is 2.36. The van der Waals surface area contributed by atoms with E-state index in [-0.39, 0.29) is 19.1 Å². The SMILES string of the molecule is CN(CC(C)(C)O)C(=O)c1cccc(C#CCCO)c1. The monoisotopic (exact) mass is 275 g/mol. The third-order valence-electron chi connectivity index (χ3n) is 2.55. The highest BCUT2D eigenvalue weighted by molar-refractivity contribution is 5.94. The number of carbonyl (C=O) groups is 1. The molecule has 1 aromatic rings. The molecule has 0 radical (unpaired) electrons. The Morgan fingerprint density at radius 3 is 2.70 bits per heavy atom. The average molecular weight is 275 g/mol. The molecule has 0 atom stereocenters. The number of rotatable bonds is 4. The Morgan fingerprint density at radius 2 is 2.10 bits per heavy atom. The maximum absolute atomic E-state index is 12.2. The summed E-state index contributed by atoms with van der Waals surface area (Å²) in [5.41, 5.74) is 0.344. The number of benzene rings is 1. The molecule has 0 aromatic heterocycles. The van der Waals surface area contributed by atoms with Crippen molar-refractivity contribution in [2.24, 2.45) is 0 Å². The zero-order valence-electron chi connectivity index (χ0n) is 12.2. The molecule has 20 heavy (non-hydrogen) atoms. The van der Waals surface area contributed by atoms with Gasteiger partial charge in [0.05, 0.1) is 12.2 Å². The molecule has 4 heteroatoms. The smallest absolute Gasteiger partial charge is 0.253 e. The van der Waals surface area contributed by atoms with Crippen LogP contribution in [0.1, 0.15) is 36.2 Å². The summed E-state index contributed by atoms with van der Waals surface area (Å²) in [4.78, 5) is 13.7. The summed E-state index contributed by atoms with van der Waals surface area (Å²) < 4.78 is 0. The lowest BCUT2D eigenvalue weighted by Crippen LogP contribution is -2.39. The number of amides is 1. The van der Waals surface area contributed by atoms with E-state index >= 15 is 0 Å². The van der Waals surface area contributed by atoms with Gasteiger partial charge in [0.1, 0.15) is 0 Å². The number of nitrogens with zero attached hydrogens (tertiary/aromatic N) is 1. The lowest BCUT2D eigenvalue weighted by molar-refractivity contribution is 0.0368. The summed E-state index contributed by atoms with van der Waals surface area (Å²) in [6.07, 6.45) is 0.413. The third-order valence-corrected chi connectivity index (χ3v) is 2.55. The quantitative estimate of drug-likeness (QED) is 0.813. The second-order valence-electron chi connectivity index (χ2n) is 5.33. The van der Waals surface area contributed by atoms with E-state index in [1.165, 1.54) is 4.90 Å². The third kappa shape index (κ3) is 5.43. The summed E-state index contributed by atoms with van der Waals surface area (Å²) in [5.74, 6) is 5.56. The van der Waals surface area contributed by atoms with Crippen molar-refractivity contribution in [1.29, 1.82) is 0 Å². The summed E-state index contributed by atoms with van der Waals surface area (Å²) >= 11 is 0. The van der Waals surface area contributed by atoms with E-state index in [0.717, 1.165) is 5.56 Å². The molecule has 0 aliphatic carbocycles. The van der Waals surface area contributed by atoms with Crippen LogP contribution >= 0.6 is 0 Å². The number of aliphatic hydroxyl groups excluding tert-OH is 1. The Balaban J connectivity index is 2.84. The van der Waals surface area contributed by atoms with Gasteiger partial charge in [-0.25, -0.2) is 0 Å². The van der Waals surface area contributed by atoms with Crippen molar-refractivity contribution in [2.75, 3.05) is 20.2 Å². The lowest BCUT2D eigenvalue weighted by atomic mass is 10.1. The van der Waals surface area contributed by atoms with Crippen LogP contribution in [0.4, 0.5) is 0 Å².